The lowest BCUT2D eigenvalue weighted by Gasteiger charge is -2.23. The van der Waals surface area contributed by atoms with E-state index in [1.165, 1.54) is 12.0 Å². The summed E-state index contributed by atoms with van der Waals surface area (Å²) in [7, 11) is 1.93. The number of nitrogens with one attached hydrogen (secondary N) is 1. The molecule has 3 rings (SSSR count). The Bertz CT molecular complexity index is 614. The summed E-state index contributed by atoms with van der Waals surface area (Å²) < 4.78 is 7.61. The fourth-order valence-electron chi connectivity index (χ4n) is 2.90. The van der Waals surface area contributed by atoms with Gasteiger partial charge in [-0.3, -0.25) is 4.68 Å². The molecule has 0 aliphatic carbocycles. The summed E-state index contributed by atoms with van der Waals surface area (Å²) in [6, 6.07) is 2.18. The van der Waals surface area contributed by atoms with Crippen LogP contribution in [0.2, 0.25) is 0 Å². The monoisotopic (exact) mass is 274 g/mol. The second-order valence-corrected chi connectivity index (χ2v) is 5.93. The van der Waals surface area contributed by atoms with E-state index >= 15 is 0 Å². The largest absolute Gasteiger partial charge is 0.374 e. The molecule has 3 heterocycles. The van der Waals surface area contributed by atoms with Crippen LogP contribution in [-0.2, 0) is 18.3 Å². The zero-order valence-electron chi connectivity index (χ0n) is 12.4. The molecule has 20 heavy (non-hydrogen) atoms. The molecule has 1 unspecified atom stereocenters. The van der Waals surface area contributed by atoms with Gasteiger partial charge in [-0.05, 0) is 38.3 Å². The Balaban J connectivity index is 1.67. The molecule has 0 aromatic carbocycles. The lowest BCUT2D eigenvalue weighted by Crippen LogP contribution is -2.36. The van der Waals surface area contributed by atoms with Crippen molar-refractivity contribution in [2.24, 2.45) is 7.05 Å². The minimum Gasteiger partial charge on any atom is -0.374 e. The SMILES string of the molecule is Cc1nn(C)c2ncc(CNCC3(C)CCCO3)cc12. The predicted octanol–water partition coefficient (Wildman–Crippen LogP) is 1.94. The van der Waals surface area contributed by atoms with Gasteiger partial charge in [-0.1, -0.05) is 0 Å². The van der Waals surface area contributed by atoms with Crippen LogP contribution in [0.1, 0.15) is 31.0 Å². The number of pyridine rings is 1. The van der Waals surface area contributed by atoms with Crippen molar-refractivity contribution >= 4 is 11.0 Å². The fraction of sp³-hybridized carbons (Fsp3) is 0.600. The predicted molar refractivity (Wildman–Crippen MR) is 78.5 cm³/mol. The third kappa shape index (κ3) is 2.55. The first-order valence-corrected chi connectivity index (χ1v) is 7.20. The first-order chi connectivity index (χ1) is 9.57. The van der Waals surface area contributed by atoms with Crippen molar-refractivity contribution in [1.82, 2.24) is 20.1 Å². The number of hydrogen-bond donors (Lipinski definition) is 1. The third-order valence-electron chi connectivity index (χ3n) is 4.05. The minimum atomic E-state index is 0.00174. The van der Waals surface area contributed by atoms with E-state index in [9.17, 15) is 0 Å². The van der Waals surface area contributed by atoms with E-state index < -0.39 is 0 Å². The molecule has 1 aliphatic rings. The van der Waals surface area contributed by atoms with Crippen LogP contribution in [0, 0.1) is 6.92 Å². The third-order valence-corrected chi connectivity index (χ3v) is 4.05. The van der Waals surface area contributed by atoms with Crippen molar-refractivity contribution in [2.75, 3.05) is 13.2 Å². The molecule has 0 amide bonds. The Labute approximate surface area is 119 Å². The van der Waals surface area contributed by atoms with Crippen molar-refractivity contribution in [3.8, 4) is 0 Å². The summed E-state index contributed by atoms with van der Waals surface area (Å²) in [5, 5.41) is 9.02. The number of nitrogens with zero attached hydrogens (tertiary/aromatic N) is 3. The number of rotatable bonds is 4. The molecule has 1 N–H and O–H groups in total. The van der Waals surface area contributed by atoms with E-state index in [0.29, 0.717) is 0 Å². The number of aryl methyl sites for hydroxylation is 2. The smallest absolute Gasteiger partial charge is 0.157 e. The van der Waals surface area contributed by atoms with E-state index in [4.69, 9.17) is 4.74 Å². The van der Waals surface area contributed by atoms with Crippen LogP contribution in [0.25, 0.3) is 11.0 Å². The van der Waals surface area contributed by atoms with Crippen LogP contribution >= 0.6 is 0 Å². The van der Waals surface area contributed by atoms with Gasteiger partial charge in [-0.25, -0.2) is 4.98 Å². The maximum atomic E-state index is 5.78. The van der Waals surface area contributed by atoms with Crippen LogP contribution < -0.4 is 5.32 Å². The van der Waals surface area contributed by atoms with Gasteiger partial charge in [0.25, 0.3) is 0 Å². The molecule has 108 valence electrons. The van der Waals surface area contributed by atoms with Crippen LogP contribution in [0.3, 0.4) is 0 Å². The lowest BCUT2D eigenvalue weighted by atomic mass is 10.0. The summed E-state index contributed by atoms with van der Waals surface area (Å²) in [6.07, 6.45) is 4.23. The molecule has 1 atom stereocenters. The summed E-state index contributed by atoms with van der Waals surface area (Å²) in [4.78, 5) is 4.50. The molecule has 1 saturated heterocycles. The van der Waals surface area contributed by atoms with E-state index in [0.717, 1.165) is 42.8 Å². The summed E-state index contributed by atoms with van der Waals surface area (Å²) in [5.74, 6) is 0. The maximum absolute atomic E-state index is 5.78. The Kier molecular flexibility index (Phi) is 3.48. The maximum Gasteiger partial charge on any atom is 0.157 e. The topological polar surface area (TPSA) is 52.0 Å². The zero-order valence-corrected chi connectivity index (χ0v) is 12.4. The standard InChI is InChI=1S/C15H22N4O/c1-11-13-7-12(9-17-14(13)19(3)18-11)8-16-10-15(2)5-4-6-20-15/h7,9,16H,4-6,8,10H2,1-3H3. The number of hydrogen-bond acceptors (Lipinski definition) is 4. The zero-order chi connectivity index (χ0) is 14.2. The number of ether oxygens (including phenoxy) is 1. The quantitative estimate of drug-likeness (QED) is 0.925. The highest BCUT2D eigenvalue weighted by Gasteiger charge is 2.28. The molecule has 5 heteroatoms. The van der Waals surface area contributed by atoms with Crippen molar-refractivity contribution < 1.29 is 4.74 Å². The van der Waals surface area contributed by atoms with E-state index in [-0.39, 0.29) is 5.60 Å². The summed E-state index contributed by atoms with van der Waals surface area (Å²) in [5.41, 5.74) is 3.16. The molecule has 5 nitrogen and oxygen atoms in total. The van der Waals surface area contributed by atoms with Crippen molar-refractivity contribution in [3.05, 3.63) is 23.5 Å². The second-order valence-electron chi connectivity index (χ2n) is 5.93. The van der Waals surface area contributed by atoms with Gasteiger partial charge in [0.05, 0.1) is 11.3 Å². The molecule has 0 radical (unpaired) electrons. The van der Waals surface area contributed by atoms with Crippen LogP contribution in [0.15, 0.2) is 12.3 Å². The molecule has 2 aromatic rings. The first kappa shape index (κ1) is 13.5. The van der Waals surface area contributed by atoms with Gasteiger partial charge in [0.2, 0.25) is 0 Å². The van der Waals surface area contributed by atoms with E-state index in [2.05, 4.69) is 28.4 Å². The van der Waals surface area contributed by atoms with Crippen LogP contribution in [0.4, 0.5) is 0 Å². The van der Waals surface area contributed by atoms with E-state index in [1.54, 1.807) is 0 Å². The average molecular weight is 274 g/mol. The van der Waals surface area contributed by atoms with Gasteiger partial charge in [0.15, 0.2) is 5.65 Å². The normalized spacial score (nSPS) is 22.8. The van der Waals surface area contributed by atoms with Crippen molar-refractivity contribution in [2.45, 2.75) is 38.8 Å². The summed E-state index contributed by atoms with van der Waals surface area (Å²) in [6.45, 7) is 6.79. The van der Waals surface area contributed by atoms with Crippen molar-refractivity contribution in [3.63, 3.8) is 0 Å². The molecule has 0 saturated carbocycles. The fourth-order valence-corrected chi connectivity index (χ4v) is 2.90. The summed E-state index contributed by atoms with van der Waals surface area (Å²) >= 11 is 0. The highest BCUT2D eigenvalue weighted by Crippen LogP contribution is 2.24. The molecule has 0 spiro atoms. The van der Waals surface area contributed by atoms with Crippen molar-refractivity contribution in [1.29, 1.82) is 0 Å². The van der Waals surface area contributed by atoms with Gasteiger partial charge < -0.3 is 10.1 Å². The Morgan fingerprint density at radius 1 is 1.50 bits per heavy atom. The van der Waals surface area contributed by atoms with Gasteiger partial charge in [-0.15, -0.1) is 0 Å². The average Bonchev–Trinajstić information content (AvgIpc) is 2.96. The lowest BCUT2D eigenvalue weighted by molar-refractivity contribution is 0.0207. The number of aromatic nitrogens is 3. The Morgan fingerprint density at radius 2 is 2.35 bits per heavy atom. The second kappa shape index (κ2) is 5.14. The Hall–Kier alpha value is -1.46. The highest BCUT2D eigenvalue weighted by atomic mass is 16.5. The minimum absolute atomic E-state index is 0.00174. The van der Waals surface area contributed by atoms with E-state index in [1.807, 2.05) is 24.9 Å². The number of fused-ring (bicyclic) bond motifs is 1. The van der Waals surface area contributed by atoms with Crippen LogP contribution in [-0.4, -0.2) is 33.5 Å². The molecule has 0 bridgehead atoms. The molecular weight excluding hydrogens is 252 g/mol. The van der Waals surface area contributed by atoms with Gasteiger partial charge in [0.1, 0.15) is 0 Å². The Morgan fingerprint density at radius 3 is 3.10 bits per heavy atom. The van der Waals surface area contributed by atoms with Gasteiger partial charge in [0, 0.05) is 38.3 Å². The molecule has 2 aromatic heterocycles. The highest BCUT2D eigenvalue weighted by molar-refractivity contribution is 5.78. The van der Waals surface area contributed by atoms with Gasteiger partial charge in [-0.2, -0.15) is 5.10 Å². The van der Waals surface area contributed by atoms with Crippen LogP contribution in [0.5, 0.6) is 0 Å². The molecule has 1 fully saturated rings. The molecule has 1 aliphatic heterocycles. The first-order valence-electron chi connectivity index (χ1n) is 7.20. The molecular formula is C15H22N4O. The van der Waals surface area contributed by atoms with Gasteiger partial charge >= 0.3 is 0 Å².